The molecule has 3 nitrogen and oxygen atoms in total. The predicted octanol–water partition coefficient (Wildman–Crippen LogP) is 3.60. The van der Waals surface area contributed by atoms with Crippen LogP contribution in [0.3, 0.4) is 0 Å². The van der Waals surface area contributed by atoms with E-state index >= 15 is 0 Å². The molecule has 1 saturated heterocycles. The molecule has 0 amide bonds. The van der Waals surface area contributed by atoms with Crippen LogP contribution in [-0.4, -0.2) is 18.3 Å². The molecule has 120 valence electrons. The summed E-state index contributed by atoms with van der Waals surface area (Å²) in [4.78, 5) is 0. The van der Waals surface area contributed by atoms with Crippen LogP contribution < -0.4 is 10.8 Å². The summed E-state index contributed by atoms with van der Waals surface area (Å²) in [5, 5.41) is 3.43. The van der Waals surface area contributed by atoms with E-state index in [0.717, 1.165) is 17.7 Å². The van der Waals surface area contributed by atoms with E-state index in [9.17, 15) is 0 Å². The number of para-hydroxylation sites is 1. The largest absolute Gasteiger partial charge is 0.494 e. The molecule has 4 heteroatoms. The zero-order valence-electron chi connectivity index (χ0n) is 14.3. The van der Waals surface area contributed by atoms with Gasteiger partial charge in [0.1, 0.15) is 0 Å². The molecule has 1 N–H and O–H groups in total. The first-order valence-electron chi connectivity index (χ1n) is 8.11. The molecule has 0 spiro atoms. The predicted molar refractivity (Wildman–Crippen MR) is 95.9 cm³/mol. The highest BCUT2D eigenvalue weighted by atomic mass is 16.7. The van der Waals surface area contributed by atoms with Gasteiger partial charge in [-0.15, -0.1) is 0 Å². The van der Waals surface area contributed by atoms with Gasteiger partial charge >= 0.3 is 7.12 Å². The fourth-order valence-corrected chi connectivity index (χ4v) is 2.59. The average molecular weight is 309 g/mol. The molecule has 0 atom stereocenters. The Morgan fingerprint density at radius 1 is 0.870 bits per heavy atom. The second-order valence-electron chi connectivity index (χ2n) is 7.05. The van der Waals surface area contributed by atoms with Crippen molar-refractivity contribution in [2.75, 3.05) is 5.32 Å². The smallest absolute Gasteiger partial charge is 0.399 e. The number of benzene rings is 2. The van der Waals surface area contributed by atoms with E-state index < -0.39 is 0 Å². The van der Waals surface area contributed by atoms with Gasteiger partial charge in [-0.3, -0.25) is 0 Å². The Labute approximate surface area is 139 Å². The number of nitrogens with one attached hydrogen (secondary N) is 1. The molecule has 1 aliphatic rings. The summed E-state index contributed by atoms with van der Waals surface area (Å²) in [6.07, 6.45) is 0. The Kier molecular flexibility index (Phi) is 4.22. The summed E-state index contributed by atoms with van der Waals surface area (Å²) in [6, 6.07) is 18.6. The lowest BCUT2D eigenvalue weighted by Gasteiger charge is -2.32. The lowest BCUT2D eigenvalue weighted by Crippen LogP contribution is -2.41. The average Bonchev–Trinajstić information content (AvgIpc) is 2.75. The number of anilines is 1. The SMILES string of the molecule is CC1(C)OB(c2cccc(CNc3ccccc3)c2)OC1(C)C. The summed E-state index contributed by atoms with van der Waals surface area (Å²) in [7, 11) is -0.309. The van der Waals surface area contributed by atoms with Crippen LogP contribution in [0.4, 0.5) is 5.69 Å². The highest BCUT2D eigenvalue weighted by molar-refractivity contribution is 6.62. The Bertz CT molecular complexity index is 654. The van der Waals surface area contributed by atoms with Crippen molar-refractivity contribution in [2.45, 2.75) is 45.4 Å². The molecule has 0 aliphatic carbocycles. The van der Waals surface area contributed by atoms with Crippen molar-refractivity contribution in [3.63, 3.8) is 0 Å². The van der Waals surface area contributed by atoms with Crippen molar-refractivity contribution in [2.24, 2.45) is 0 Å². The highest BCUT2D eigenvalue weighted by Gasteiger charge is 2.51. The minimum Gasteiger partial charge on any atom is -0.399 e. The van der Waals surface area contributed by atoms with E-state index in [1.165, 1.54) is 5.56 Å². The normalized spacial score (nSPS) is 18.9. The Morgan fingerprint density at radius 3 is 2.17 bits per heavy atom. The van der Waals surface area contributed by atoms with Crippen molar-refractivity contribution >= 4 is 18.3 Å². The maximum Gasteiger partial charge on any atom is 0.494 e. The standard InChI is InChI=1S/C19H24BNO2/c1-18(2)19(3,4)23-20(22-18)16-10-8-9-15(13-16)14-21-17-11-6-5-7-12-17/h5-13,21H,14H2,1-4H3. The molecule has 1 aliphatic heterocycles. The minimum absolute atomic E-state index is 0.309. The van der Waals surface area contributed by atoms with E-state index in [-0.39, 0.29) is 18.3 Å². The van der Waals surface area contributed by atoms with Crippen LogP contribution in [-0.2, 0) is 15.9 Å². The number of hydrogen-bond donors (Lipinski definition) is 1. The van der Waals surface area contributed by atoms with Crippen LogP contribution in [0.1, 0.15) is 33.3 Å². The monoisotopic (exact) mass is 309 g/mol. The van der Waals surface area contributed by atoms with E-state index in [2.05, 4.69) is 69.4 Å². The van der Waals surface area contributed by atoms with Crippen molar-refractivity contribution < 1.29 is 9.31 Å². The van der Waals surface area contributed by atoms with Gasteiger partial charge in [-0.25, -0.2) is 0 Å². The molecule has 0 bridgehead atoms. The van der Waals surface area contributed by atoms with Gasteiger partial charge in [0, 0.05) is 12.2 Å². The highest BCUT2D eigenvalue weighted by Crippen LogP contribution is 2.36. The first-order chi connectivity index (χ1) is 10.9. The lowest BCUT2D eigenvalue weighted by molar-refractivity contribution is 0.00578. The molecule has 1 fully saturated rings. The number of hydrogen-bond acceptors (Lipinski definition) is 3. The zero-order valence-corrected chi connectivity index (χ0v) is 14.3. The maximum atomic E-state index is 6.13. The van der Waals surface area contributed by atoms with E-state index in [1.54, 1.807) is 0 Å². The Hall–Kier alpha value is -1.78. The molecule has 2 aromatic rings. The van der Waals surface area contributed by atoms with Crippen molar-refractivity contribution in [1.29, 1.82) is 0 Å². The zero-order chi connectivity index (χ0) is 16.5. The van der Waals surface area contributed by atoms with Gasteiger partial charge in [0.25, 0.3) is 0 Å². The summed E-state index contributed by atoms with van der Waals surface area (Å²) >= 11 is 0. The molecule has 3 rings (SSSR count). The fourth-order valence-electron chi connectivity index (χ4n) is 2.59. The lowest BCUT2D eigenvalue weighted by atomic mass is 9.78. The van der Waals surface area contributed by atoms with Gasteiger partial charge in [-0.2, -0.15) is 0 Å². The van der Waals surface area contributed by atoms with Crippen LogP contribution in [0.5, 0.6) is 0 Å². The first kappa shape index (κ1) is 16.1. The summed E-state index contributed by atoms with van der Waals surface area (Å²) in [6.45, 7) is 9.08. The number of rotatable bonds is 4. The van der Waals surface area contributed by atoms with Crippen molar-refractivity contribution in [3.8, 4) is 0 Å². The second-order valence-corrected chi connectivity index (χ2v) is 7.05. The molecule has 2 aromatic carbocycles. The molecular formula is C19H24BNO2. The third kappa shape index (κ3) is 3.43. The van der Waals surface area contributed by atoms with Gasteiger partial charge in [0.2, 0.25) is 0 Å². The van der Waals surface area contributed by atoms with Gasteiger partial charge < -0.3 is 14.6 Å². The molecule has 0 unspecified atom stereocenters. The minimum atomic E-state index is -0.310. The molecule has 23 heavy (non-hydrogen) atoms. The Morgan fingerprint density at radius 2 is 1.52 bits per heavy atom. The van der Waals surface area contributed by atoms with Crippen LogP contribution in [0.15, 0.2) is 54.6 Å². The third-order valence-electron chi connectivity index (χ3n) is 4.75. The molecule has 0 aromatic heterocycles. The third-order valence-corrected chi connectivity index (χ3v) is 4.75. The second kappa shape index (κ2) is 6.02. The van der Waals surface area contributed by atoms with E-state index in [1.807, 2.05) is 18.2 Å². The first-order valence-corrected chi connectivity index (χ1v) is 8.11. The van der Waals surface area contributed by atoms with E-state index in [0.29, 0.717) is 0 Å². The van der Waals surface area contributed by atoms with Crippen LogP contribution in [0.25, 0.3) is 0 Å². The molecular weight excluding hydrogens is 285 g/mol. The van der Waals surface area contributed by atoms with Crippen LogP contribution in [0.2, 0.25) is 0 Å². The summed E-state index contributed by atoms with van der Waals surface area (Å²) in [5.41, 5.74) is 2.77. The quantitative estimate of drug-likeness (QED) is 0.875. The summed E-state index contributed by atoms with van der Waals surface area (Å²) in [5.74, 6) is 0. The van der Waals surface area contributed by atoms with Gasteiger partial charge in [0.05, 0.1) is 11.2 Å². The van der Waals surface area contributed by atoms with Crippen LogP contribution >= 0.6 is 0 Å². The van der Waals surface area contributed by atoms with Crippen LogP contribution in [0, 0.1) is 0 Å². The fraction of sp³-hybridized carbons (Fsp3) is 0.368. The molecule has 0 saturated carbocycles. The topological polar surface area (TPSA) is 30.5 Å². The Balaban J connectivity index is 1.71. The van der Waals surface area contributed by atoms with Crippen molar-refractivity contribution in [1.82, 2.24) is 0 Å². The molecule has 1 heterocycles. The van der Waals surface area contributed by atoms with Gasteiger partial charge in [-0.05, 0) is 50.9 Å². The summed E-state index contributed by atoms with van der Waals surface area (Å²) < 4.78 is 12.3. The van der Waals surface area contributed by atoms with E-state index in [4.69, 9.17) is 9.31 Å². The molecule has 0 radical (unpaired) electrons. The van der Waals surface area contributed by atoms with Gasteiger partial charge in [0.15, 0.2) is 0 Å². The van der Waals surface area contributed by atoms with Crippen molar-refractivity contribution in [3.05, 3.63) is 60.2 Å². The van der Waals surface area contributed by atoms with Gasteiger partial charge in [-0.1, -0.05) is 42.5 Å². The maximum absolute atomic E-state index is 6.13.